The first-order valence-electron chi connectivity index (χ1n) is 9.56. The SMILES string of the molecule is C[C@H](OC(=O)c1c2c(nc3ccccc13)CCCC2)C(=O)c1ccc(N)cc1. The summed E-state index contributed by atoms with van der Waals surface area (Å²) in [5, 5.41) is 0.778. The van der Waals surface area contributed by atoms with Gasteiger partial charge in [0.1, 0.15) is 0 Å². The van der Waals surface area contributed by atoms with Crippen LogP contribution in [-0.2, 0) is 17.6 Å². The third kappa shape index (κ3) is 3.36. The van der Waals surface area contributed by atoms with Crippen molar-refractivity contribution in [2.45, 2.75) is 38.7 Å². The maximum absolute atomic E-state index is 13.1. The Balaban J connectivity index is 1.67. The Morgan fingerprint density at radius 1 is 1.04 bits per heavy atom. The van der Waals surface area contributed by atoms with Gasteiger partial charge >= 0.3 is 5.97 Å². The molecule has 28 heavy (non-hydrogen) atoms. The lowest BCUT2D eigenvalue weighted by Gasteiger charge is -2.21. The summed E-state index contributed by atoms with van der Waals surface area (Å²) < 4.78 is 5.61. The fraction of sp³-hybridized carbons (Fsp3) is 0.261. The molecule has 142 valence electrons. The van der Waals surface area contributed by atoms with E-state index in [1.54, 1.807) is 31.2 Å². The summed E-state index contributed by atoms with van der Waals surface area (Å²) in [6, 6.07) is 14.2. The number of hydrogen-bond donors (Lipinski definition) is 1. The maximum atomic E-state index is 13.1. The molecule has 1 heterocycles. The topological polar surface area (TPSA) is 82.3 Å². The van der Waals surface area contributed by atoms with E-state index in [-0.39, 0.29) is 5.78 Å². The van der Waals surface area contributed by atoms with Gasteiger partial charge < -0.3 is 10.5 Å². The smallest absolute Gasteiger partial charge is 0.339 e. The Morgan fingerprint density at radius 3 is 2.54 bits per heavy atom. The number of nitrogens with two attached hydrogens (primary N) is 1. The van der Waals surface area contributed by atoms with E-state index < -0.39 is 12.1 Å². The molecule has 1 atom stereocenters. The zero-order valence-electron chi connectivity index (χ0n) is 15.8. The van der Waals surface area contributed by atoms with Crippen molar-refractivity contribution in [2.24, 2.45) is 0 Å². The second-order valence-corrected chi connectivity index (χ2v) is 7.17. The number of pyridine rings is 1. The van der Waals surface area contributed by atoms with Crippen molar-refractivity contribution in [1.82, 2.24) is 4.98 Å². The third-order valence-electron chi connectivity index (χ3n) is 5.22. The lowest BCUT2D eigenvalue weighted by molar-refractivity contribution is 0.0319. The molecule has 0 radical (unpaired) electrons. The summed E-state index contributed by atoms with van der Waals surface area (Å²) in [5.74, 6) is -0.714. The number of ketones is 1. The fourth-order valence-corrected chi connectivity index (χ4v) is 3.76. The number of aromatic nitrogens is 1. The van der Waals surface area contributed by atoms with Crippen LogP contribution in [0.25, 0.3) is 10.9 Å². The molecule has 5 nitrogen and oxygen atoms in total. The number of fused-ring (bicyclic) bond motifs is 2. The summed E-state index contributed by atoms with van der Waals surface area (Å²) in [6.45, 7) is 1.60. The lowest BCUT2D eigenvalue weighted by Crippen LogP contribution is -2.26. The average Bonchev–Trinajstić information content (AvgIpc) is 2.71. The van der Waals surface area contributed by atoms with Crippen LogP contribution in [0.2, 0.25) is 0 Å². The van der Waals surface area contributed by atoms with E-state index in [0.717, 1.165) is 47.8 Å². The second-order valence-electron chi connectivity index (χ2n) is 7.17. The Bertz CT molecular complexity index is 1060. The molecule has 2 aromatic carbocycles. The first-order chi connectivity index (χ1) is 13.5. The molecule has 4 rings (SSSR count). The van der Waals surface area contributed by atoms with Gasteiger partial charge in [-0.05, 0) is 68.5 Å². The number of esters is 1. The Kier molecular flexibility index (Phi) is 4.82. The molecule has 0 aliphatic heterocycles. The highest BCUT2D eigenvalue weighted by atomic mass is 16.5. The number of nitrogen functional groups attached to an aromatic ring is 1. The van der Waals surface area contributed by atoms with Crippen LogP contribution in [-0.4, -0.2) is 22.8 Å². The monoisotopic (exact) mass is 374 g/mol. The number of hydrogen-bond acceptors (Lipinski definition) is 5. The number of carbonyl (C=O) groups excluding carboxylic acids is 2. The number of carbonyl (C=O) groups is 2. The van der Waals surface area contributed by atoms with Crippen LogP contribution in [0, 0.1) is 0 Å². The normalized spacial score (nSPS) is 14.3. The Labute approximate surface area is 163 Å². The number of benzene rings is 2. The fourth-order valence-electron chi connectivity index (χ4n) is 3.76. The predicted octanol–water partition coefficient (Wildman–Crippen LogP) is 4.12. The van der Waals surface area contributed by atoms with Gasteiger partial charge in [-0.1, -0.05) is 18.2 Å². The highest BCUT2D eigenvalue weighted by Crippen LogP contribution is 2.30. The zero-order chi connectivity index (χ0) is 19.7. The maximum Gasteiger partial charge on any atom is 0.339 e. The van der Waals surface area contributed by atoms with Crippen molar-refractivity contribution in [3.63, 3.8) is 0 Å². The van der Waals surface area contributed by atoms with Crippen molar-refractivity contribution >= 4 is 28.3 Å². The van der Waals surface area contributed by atoms with Crippen LogP contribution >= 0.6 is 0 Å². The average molecular weight is 374 g/mol. The van der Waals surface area contributed by atoms with Gasteiger partial charge in [-0.15, -0.1) is 0 Å². The number of ether oxygens (including phenoxy) is 1. The van der Waals surface area contributed by atoms with Gasteiger partial charge in [0.15, 0.2) is 6.10 Å². The van der Waals surface area contributed by atoms with Crippen LogP contribution in [0.5, 0.6) is 0 Å². The van der Waals surface area contributed by atoms with E-state index >= 15 is 0 Å². The molecule has 1 aliphatic rings. The predicted molar refractivity (Wildman–Crippen MR) is 108 cm³/mol. The standard InChI is InChI=1S/C23H22N2O3/c1-14(22(26)15-10-12-16(24)13-11-15)28-23(27)21-17-6-2-4-8-19(17)25-20-9-5-3-7-18(20)21/h2,4,6,8,10-14H,3,5,7,9,24H2,1H3/t14-/m0/s1. The van der Waals surface area contributed by atoms with Crippen LogP contribution in [0.15, 0.2) is 48.5 Å². The van der Waals surface area contributed by atoms with Crippen LogP contribution in [0.1, 0.15) is 51.7 Å². The number of anilines is 1. The molecular formula is C23H22N2O3. The highest BCUT2D eigenvalue weighted by molar-refractivity contribution is 6.07. The summed E-state index contributed by atoms with van der Waals surface area (Å²) >= 11 is 0. The minimum atomic E-state index is -0.887. The minimum absolute atomic E-state index is 0.249. The van der Waals surface area contributed by atoms with Gasteiger partial charge in [0.05, 0.1) is 11.1 Å². The van der Waals surface area contributed by atoms with Gasteiger partial charge in [-0.25, -0.2) is 4.79 Å². The Hall–Kier alpha value is -3.21. The van der Waals surface area contributed by atoms with Crippen LogP contribution < -0.4 is 5.73 Å². The molecule has 0 spiro atoms. The molecule has 0 amide bonds. The van der Waals surface area contributed by atoms with Crippen LogP contribution in [0.3, 0.4) is 0 Å². The van der Waals surface area contributed by atoms with Gasteiger partial charge in [0.25, 0.3) is 0 Å². The van der Waals surface area contributed by atoms with Crippen molar-refractivity contribution in [2.75, 3.05) is 5.73 Å². The molecule has 1 aromatic heterocycles. The molecular weight excluding hydrogens is 352 g/mol. The number of rotatable bonds is 4. The molecule has 2 N–H and O–H groups in total. The molecule has 0 saturated heterocycles. The van der Waals surface area contributed by atoms with E-state index in [4.69, 9.17) is 15.5 Å². The molecule has 0 bridgehead atoms. The van der Waals surface area contributed by atoms with Gasteiger partial charge in [-0.3, -0.25) is 9.78 Å². The Morgan fingerprint density at radius 2 is 1.75 bits per heavy atom. The zero-order valence-corrected chi connectivity index (χ0v) is 15.8. The van der Waals surface area contributed by atoms with E-state index in [0.29, 0.717) is 16.8 Å². The van der Waals surface area contributed by atoms with Crippen LogP contribution in [0.4, 0.5) is 5.69 Å². The van der Waals surface area contributed by atoms with E-state index in [2.05, 4.69) is 0 Å². The number of Topliss-reactive ketones (excluding diaryl/α,β-unsaturated/α-hetero) is 1. The third-order valence-corrected chi connectivity index (χ3v) is 5.22. The summed E-state index contributed by atoms with van der Waals surface area (Å²) in [5.41, 5.74) is 9.99. The second kappa shape index (κ2) is 7.43. The number of nitrogens with zero attached hydrogens (tertiary/aromatic N) is 1. The number of aryl methyl sites for hydroxylation is 1. The van der Waals surface area contributed by atoms with E-state index in [1.165, 1.54) is 0 Å². The number of para-hydroxylation sites is 1. The largest absolute Gasteiger partial charge is 0.451 e. The summed E-state index contributed by atoms with van der Waals surface area (Å²) in [7, 11) is 0. The first kappa shape index (κ1) is 18.2. The minimum Gasteiger partial charge on any atom is -0.451 e. The molecule has 0 fully saturated rings. The van der Waals surface area contributed by atoms with Gasteiger partial charge in [0.2, 0.25) is 5.78 Å². The van der Waals surface area contributed by atoms with Crippen molar-refractivity contribution in [1.29, 1.82) is 0 Å². The van der Waals surface area contributed by atoms with E-state index in [9.17, 15) is 9.59 Å². The summed E-state index contributed by atoms with van der Waals surface area (Å²) in [4.78, 5) is 30.5. The quantitative estimate of drug-likeness (QED) is 0.422. The summed E-state index contributed by atoms with van der Waals surface area (Å²) in [6.07, 6.45) is 2.87. The molecule has 0 unspecified atom stereocenters. The molecule has 5 heteroatoms. The van der Waals surface area contributed by atoms with E-state index in [1.807, 2.05) is 24.3 Å². The van der Waals surface area contributed by atoms with Gasteiger partial charge in [-0.2, -0.15) is 0 Å². The van der Waals surface area contributed by atoms with Crippen molar-refractivity contribution in [3.8, 4) is 0 Å². The lowest BCUT2D eigenvalue weighted by atomic mass is 9.90. The van der Waals surface area contributed by atoms with Crippen molar-refractivity contribution in [3.05, 3.63) is 70.9 Å². The molecule has 0 saturated carbocycles. The molecule has 3 aromatic rings. The van der Waals surface area contributed by atoms with Crippen molar-refractivity contribution < 1.29 is 14.3 Å². The van der Waals surface area contributed by atoms with Gasteiger partial charge in [0, 0.05) is 22.3 Å². The highest BCUT2D eigenvalue weighted by Gasteiger charge is 2.26. The first-order valence-corrected chi connectivity index (χ1v) is 9.56. The molecule has 1 aliphatic carbocycles.